The highest BCUT2D eigenvalue weighted by Crippen LogP contribution is 2.31. The first-order valence-corrected chi connectivity index (χ1v) is 5.63. The van der Waals surface area contributed by atoms with Crippen LogP contribution in [0.25, 0.3) is 0 Å². The Morgan fingerprint density at radius 2 is 1.94 bits per heavy atom. The maximum Gasteiger partial charge on any atom is 0.305 e. The van der Waals surface area contributed by atoms with E-state index >= 15 is 0 Å². The van der Waals surface area contributed by atoms with Crippen LogP contribution in [0.2, 0.25) is 0 Å². The van der Waals surface area contributed by atoms with Crippen LogP contribution < -0.4 is 5.73 Å². The number of nitrogens with two attached hydrogens (primary N) is 1. The normalized spacial score (nSPS) is 12.8. The van der Waals surface area contributed by atoms with E-state index in [-0.39, 0.29) is 12.2 Å². The highest BCUT2D eigenvalue weighted by Gasteiger charge is 2.17. The van der Waals surface area contributed by atoms with Crippen LogP contribution >= 0.6 is 0 Å². The Hall–Kier alpha value is -1.55. The fraction of sp³-hybridized carbons (Fsp3) is 0.462. The number of aliphatic carboxylic acids is 1. The van der Waals surface area contributed by atoms with Gasteiger partial charge < -0.3 is 15.9 Å². The van der Waals surface area contributed by atoms with E-state index in [9.17, 15) is 9.90 Å². The molecule has 4 nitrogen and oxygen atoms in total. The molecular formula is C13H19NO3. The molecule has 0 aliphatic carbocycles. The molecule has 0 heterocycles. The van der Waals surface area contributed by atoms with E-state index in [1.54, 1.807) is 6.07 Å². The van der Waals surface area contributed by atoms with E-state index in [4.69, 9.17) is 10.8 Å². The molecule has 0 aliphatic heterocycles. The average molecular weight is 237 g/mol. The number of aromatic hydroxyl groups is 1. The van der Waals surface area contributed by atoms with Crippen molar-refractivity contribution in [3.05, 3.63) is 28.8 Å². The number of phenolic OH excluding ortho intramolecular Hbond substituents is 1. The Bertz CT molecular complexity index is 427. The lowest BCUT2D eigenvalue weighted by Gasteiger charge is -2.17. The van der Waals surface area contributed by atoms with Crippen molar-refractivity contribution in [2.24, 2.45) is 5.73 Å². The van der Waals surface area contributed by atoms with E-state index < -0.39 is 12.0 Å². The molecule has 1 unspecified atom stereocenters. The van der Waals surface area contributed by atoms with Gasteiger partial charge in [0.05, 0.1) is 6.42 Å². The number of rotatable bonds is 4. The number of hydrogen-bond acceptors (Lipinski definition) is 3. The Labute approximate surface area is 101 Å². The fourth-order valence-electron chi connectivity index (χ4n) is 1.94. The van der Waals surface area contributed by atoms with E-state index in [0.29, 0.717) is 11.5 Å². The zero-order valence-electron chi connectivity index (χ0n) is 10.4. The Morgan fingerprint density at radius 3 is 2.41 bits per heavy atom. The van der Waals surface area contributed by atoms with E-state index in [1.807, 2.05) is 26.8 Å². The molecule has 4 N–H and O–H groups in total. The van der Waals surface area contributed by atoms with Gasteiger partial charge >= 0.3 is 5.97 Å². The summed E-state index contributed by atoms with van der Waals surface area (Å²) in [6, 6.07) is 2.78. The molecule has 0 saturated carbocycles. The number of carboxylic acids is 1. The summed E-state index contributed by atoms with van der Waals surface area (Å²) >= 11 is 0. The minimum Gasteiger partial charge on any atom is -0.508 e. The number of aryl methyl sites for hydroxylation is 1. The number of carboxylic acid groups (broad SMARTS) is 1. The van der Waals surface area contributed by atoms with Gasteiger partial charge in [0.15, 0.2) is 0 Å². The molecule has 0 amide bonds. The lowest BCUT2D eigenvalue weighted by atomic mass is 9.92. The lowest BCUT2D eigenvalue weighted by molar-refractivity contribution is -0.137. The topological polar surface area (TPSA) is 83.5 Å². The molecule has 4 heteroatoms. The molecule has 0 fully saturated rings. The molecule has 1 rings (SSSR count). The van der Waals surface area contributed by atoms with Crippen LogP contribution in [0, 0.1) is 6.92 Å². The third-order valence-electron chi connectivity index (χ3n) is 2.83. The summed E-state index contributed by atoms with van der Waals surface area (Å²) in [6.45, 7) is 6.01. The predicted molar refractivity (Wildman–Crippen MR) is 66.1 cm³/mol. The number of hydrogen-bond donors (Lipinski definition) is 3. The van der Waals surface area contributed by atoms with Crippen molar-refractivity contribution in [2.75, 3.05) is 0 Å². The first-order chi connectivity index (χ1) is 7.82. The van der Waals surface area contributed by atoms with Crippen molar-refractivity contribution in [3.63, 3.8) is 0 Å². The van der Waals surface area contributed by atoms with Crippen LogP contribution in [0.15, 0.2) is 12.1 Å². The van der Waals surface area contributed by atoms with Crippen molar-refractivity contribution in [1.82, 2.24) is 0 Å². The second kappa shape index (κ2) is 5.19. The monoisotopic (exact) mass is 237 g/mol. The molecule has 0 saturated heterocycles. The third kappa shape index (κ3) is 3.20. The smallest absolute Gasteiger partial charge is 0.305 e. The minimum absolute atomic E-state index is 0.0700. The highest BCUT2D eigenvalue weighted by molar-refractivity contribution is 5.68. The van der Waals surface area contributed by atoms with Crippen LogP contribution in [-0.4, -0.2) is 16.2 Å². The van der Waals surface area contributed by atoms with Gasteiger partial charge in [0.1, 0.15) is 5.75 Å². The molecular weight excluding hydrogens is 218 g/mol. The van der Waals surface area contributed by atoms with Gasteiger partial charge in [-0.2, -0.15) is 0 Å². The number of benzene rings is 1. The van der Waals surface area contributed by atoms with Crippen LogP contribution in [0.3, 0.4) is 0 Å². The molecule has 0 aliphatic rings. The summed E-state index contributed by atoms with van der Waals surface area (Å²) in [4.78, 5) is 10.6. The summed E-state index contributed by atoms with van der Waals surface area (Å²) < 4.78 is 0. The number of carbonyl (C=O) groups is 1. The first kappa shape index (κ1) is 13.5. The summed E-state index contributed by atoms with van der Waals surface area (Å²) in [5, 5.41) is 18.5. The quantitative estimate of drug-likeness (QED) is 0.750. The largest absolute Gasteiger partial charge is 0.508 e. The molecule has 1 aromatic rings. The summed E-state index contributed by atoms with van der Waals surface area (Å²) in [5.74, 6) is -0.587. The van der Waals surface area contributed by atoms with Gasteiger partial charge in [0.25, 0.3) is 0 Å². The van der Waals surface area contributed by atoms with Crippen molar-refractivity contribution in [1.29, 1.82) is 0 Å². The van der Waals surface area contributed by atoms with Gasteiger partial charge in [-0.3, -0.25) is 4.79 Å². The lowest BCUT2D eigenvalue weighted by Crippen LogP contribution is -2.15. The van der Waals surface area contributed by atoms with Crippen molar-refractivity contribution >= 4 is 5.97 Å². The zero-order valence-corrected chi connectivity index (χ0v) is 10.4. The second-order valence-electron chi connectivity index (χ2n) is 4.63. The van der Waals surface area contributed by atoms with Gasteiger partial charge in [0.2, 0.25) is 0 Å². The maximum atomic E-state index is 10.6. The van der Waals surface area contributed by atoms with Crippen LogP contribution in [0.1, 0.15) is 48.9 Å². The van der Waals surface area contributed by atoms with Crippen molar-refractivity contribution in [3.8, 4) is 5.75 Å². The van der Waals surface area contributed by atoms with Gasteiger partial charge in [-0.25, -0.2) is 0 Å². The first-order valence-electron chi connectivity index (χ1n) is 5.63. The van der Waals surface area contributed by atoms with Crippen LogP contribution in [0.4, 0.5) is 0 Å². The molecule has 0 aromatic heterocycles. The summed E-state index contributed by atoms with van der Waals surface area (Å²) in [6.07, 6.45) is -0.186. The second-order valence-corrected chi connectivity index (χ2v) is 4.63. The van der Waals surface area contributed by atoms with Gasteiger partial charge in [-0.15, -0.1) is 0 Å². The molecule has 0 radical (unpaired) electrons. The molecule has 1 atom stereocenters. The fourth-order valence-corrected chi connectivity index (χ4v) is 1.94. The highest BCUT2D eigenvalue weighted by atomic mass is 16.4. The zero-order chi connectivity index (χ0) is 13.2. The molecule has 1 aromatic carbocycles. The van der Waals surface area contributed by atoms with E-state index in [2.05, 4.69) is 0 Å². The van der Waals surface area contributed by atoms with E-state index in [1.165, 1.54) is 0 Å². The van der Waals surface area contributed by atoms with Crippen LogP contribution in [0.5, 0.6) is 5.75 Å². The van der Waals surface area contributed by atoms with Gasteiger partial charge in [-0.1, -0.05) is 19.9 Å². The molecule has 0 spiro atoms. The minimum atomic E-state index is -0.969. The van der Waals surface area contributed by atoms with Crippen molar-refractivity contribution in [2.45, 2.75) is 39.2 Å². The Kier molecular flexibility index (Phi) is 4.12. The molecule has 94 valence electrons. The SMILES string of the molecule is Cc1cc(O)c(C(N)CC(=O)O)cc1C(C)C. The van der Waals surface area contributed by atoms with Gasteiger partial charge in [0, 0.05) is 11.6 Å². The Balaban J connectivity index is 3.15. The van der Waals surface area contributed by atoms with Crippen LogP contribution in [-0.2, 0) is 4.79 Å². The average Bonchev–Trinajstić information content (AvgIpc) is 2.15. The predicted octanol–water partition coefficient (Wildman–Crippen LogP) is 2.30. The summed E-state index contributed by atoms with van der Waals surface area (Å²) in [7, 11) is 0. The standard InChI is InChI=1S/C13H19NO3/c1-7(2)9-5-10(11(14)6-13(16)17)12(15)4-8(9)3/h4-5,7,11,15H,6,14H2,1-3H3,(H,16,17). The molecule has 17 heavy (non-hydrogen) atoms. The van der Waals surface area contributed by atoms with E-state index in [0.717, 1.165) is 11.1 Å². The number of phenols is 1. The van der Waals surface area contributed by atoms with Gasteiger partial charge in [-0.05, 0) is 30.0 Å². The third-order valence-corrected chi connectivity index (χ3v) is 2.83. The summed E-state index contributed by atoms with van der Waals surface area (Å²) in [5.41, 5.74) is 8.35. The maximum absolute atomic E-state index is 10.6. The molecule has 0 bridgehead atoms. The van der Waals surface area contributed by atoms with Crippen molar-refractivity contribution < 1.29 is 15.0 Å². The Morgan fingerprint density at radius 1 is 1.35 bits per heavy atom.